The first-order chi connectivity index (χ1) is 12.1. The van der Waals surface area contributed by atoms with E-state index >= 15 is 0 Å². The summed E-state index contributed by atoms with van der Waals surface area (Å²) in [6.45, 7) is 3.65. The van der Waals surface area contributed by atoms with E-state index in [0.717, 1.165) is 17.1 Å². The molecule has 0 fully saturated rings. The number of carbonyl (C=O) groups is 1. The Labute approximate surface area is 151 Å². The van der Waals surface area contributed by atoms with Crippen LogP contribution in [0.2, 0.25) is 5.02 Å². The van der Waals surface area contributed by atoms with Crippen molar-refractivity contribution in [2.24, 2.45) is 0 Å². The number of carbonyl (C=O) groups excluding carboxylic acids is 1. The largest absolute Gasteiger partial charge is 0.482 e. The second-order valence-corrected chi connectivity index (χ2v) is 5.97. The Balaban J connectivity index is 1.72. The van der Waals surface area contributed by atoms with Gasteiger partial charge in [-0.15, -0.1) is 0 Å². The van der Waals surface area contributed by atoms with Crippen molar-refractivity contribution in [2.75, 3.05) is 11.9 Å². The lowest BCUT2D eigenvalue weighted by Crippen LogP contribution is -2.21. The van der Waals surface area contributed by atoms with E-state index in [1.54, 1.807) is 28.9 Å². The molecule has 0 saturated heterocycles. The van der Waals surface area contributed by atoms with Gasteiger partial charge in [-0.2, -0.15) is 5.10 Å². The van der Waals surface area contributed by atoms with Crippen LogP contribution in [0.3, 0.4) is 0 Å². The maximum absolute atomic E-state index is 12.2. The first-order valence-electron chi connectivity index (χ1n) is 7.85. The van der Waals surface area contributed by atoms with E-state index in [9.17, 15) is 4.79 Å². The molecule has 0 aliphatic carbocycles. The molecule has 0 aliphatic heterocycles. The molecule has 2 aromatic carbocycles. The molecule has 3 aromatic rings. The van der Waals surface area contributed by atoms with Gasteiger partial charge in [0.05, 0.1) is 27.8 Å². The van der Waals surface area contributed by atoms with Crippen molar-refractivity contribution in [3.8, 4) is 11.4 Å². The fourth-order valence-corrected chi connectivity index (χ4v) is 2.72. The summed E-state index contributed by atoms with van der Waals surface area (Å²) in [5.41, 5.74) is 3.23. The van der Waals surface area contributed by atoms with Crippen molar-refractivity contribution >= 4 is 23.2 Å². The third-order valence-electron chi connectivity index (χ3n) is 3.75. The lowest BCUT2D eigenvalue weighted by atomic mass is 10.3. The topological polar surface area (TPSA) is 56.2 Å². The van der Waals surface area contributed by atoms with Gasteiger partial charge in [0.2, 0.25) is 0 Å². The highest BCUT2D eigenvalue weighted by Crippen LogP contribution is 2.24. The molecule has 0 spiro atoms. The number of aryl methyl sites for hydroxylation is 1. The van der Waals surface area contributed by atoms with Crippen LogP contribution in [0.4, 0.5) is 5.69 Å². The quantitative estimate of drug-likeness (QED) is 0.747. The SMILES string of the molecule is Cc1nn(-c2ccccc2)c(C)c1NC(=O)COc1ccccc1Cl. The number of benzene rings is 2. The molecular formula is C19H18ClN3O2. The number of aromatic nitrogens is 2. The molecule has 1 amide bonds. The summed E-state index contributed by atoms with van der Waals surface area (Å²) in [5, 5.41) is 7.85. The molecule has 5 nitrogen and oxygen atoms in total. The zero-order valence-electron chi connectivity index (χ0n) is 14.0. The summed E-state index contributed by atoms with van der Waals surface area (Å²) in [6, 6.07) is 16.8. The van der Waals surface area contributed by atoms with E-state index in [2.05, 4.69) is 10.4 Å². The molecule has 1 N–H and O–H groups in total. The molecule has 0 aliphatic rings. The van der Waals surface area contributed by atoms with Crippen LogP contribution < -0.4 is 10.1 Å². The molecule has 1 heterocycles. The van der Waals surface area contributed by atoms with Crippen LogP contribution >= 0.6 is 11.6 Å². The Bertz CT molecular complexity index is 891. The molecule has 0 saturated carbocycles. The first kappa shape index (κ1) is 17.0. The number of amides is 1. The van der Waals surface area contributed by atoms with E-state index in [0.29, 0.717) is 16.5 Å². The van der Waals surface area contributed by atoms with E-state index in [4.69, 9.17) is 16.3 Å². The average molecular weight is 356 g/mol. The number of nitrogens with zero attached hydrogens (tertiary/aromatic N) is 2. The van der Waals surface area contributed by atoms with Gasteiger partial charge in [0, 0.05) is 0 Å². The summed E-state index contributed by atoms with van der Waals surface area (Å²) in [6.07, 6.45) is 0. The summed E-state index contributed by atoms with van der Waals surface area (Å²) in [5.74, 6) is 0.214. The average Bonchev–Trinajstić information content (AvgIpc) is 2.90. The number of nitrogens with one attached hydrogen (secondary N) is 1. The third kappa shape index (κ3) is 3.83. The molecule has 0 bridgehead atoms. The zero-order chi connectivity index (χ0) is 17.8. The van der Waals surface area contributed by atoms with Crippen LogP contribution in [-0.2, 0) is 4.79 Å². The Morgan fingerprint density at radius 2 is 1.80 bits per heavy atom. The molecule has 0 atom stereocenters. The number of ether oxygens (including phenoxy) is 1. The summed E-state index contributed by atoms with van der Waals surface area (Å²) < 4.78 is 7.28. The Hall–Kier alpha value is -2.79. The van der Waals surface area contributed by atoms with Crippen LogP contribution in [0, 0.1) is 13.8 Å². The van der Waals surface area contributed by atoms with Gasteiger partial charge in [-0.1, -0.05) is 41.9 Å². The van der Waals surface area contributed by atoms with Crippen LogP contribution in [0.1, 0.15) is 11.4 Å². The molecule has 6 heteroatoms. The van der Waals surface area contributed by atoms with Gasteiger partial charge in [-0.25, -0.2) is 4.68 Å². The fraction of sp³-hybridized carbons (Fsp3) is 0.158. The Kier molecular flexibility index (Phi) is 5.05. The highest BCUT2D eigenvalue weighted by Gasteiger charge is 2.15. The summed E-state index contributed by atoms with van der Waals surface area (Å²) >= 11 is 6.02. The monoisotopic (exact) mass is 355 g/mol. The minimum atomic E-state index is -0.265. The maximum atomic E-state index is 12.2. The molecular weight excluding hydrogens is 338 g/mol. The lowest BCUT2D eigenvalue weighted by Gasteiger charge is -2.09. The second kappa shape index (κ2) is 7.40. The highest BCUT2D eigenvalue weighted by atomic mass is 35.5. The van der Waals surface area contributed by atoms with Gasteiger partial charge in [-0.05, 0) is 38.1 Å². The van der Waals surface area contributed by atoms with E-state index < -0.39 is 0 Å². The number of hydrogen-bond donors (Lipinski definition) is 1. The minimum Gasteiger partial charge on any atom is -0.482 e. The van der Waals surface area contributed by atoms with E-state index in [-0.39, 0.29) is 12.5 Å². The Morgan fingerprint density at radius 1 is 1.12 bits per heavy atom. The predicted molar refractivity (Wildman–Crippen MR) is 98.6 cm³/mol. The number of anilines is 1. The number of halogens is 1. The van der Waals surface area contributed by atoms with E-state index in [1.807, 2.05) is 44.2 Å². The standard InChI is InChI=1S/C19H18ClN3O2/c1-13-19(14(2)23(22-13)15-8-4-3-5-9-15)21-18(24)12-25-17-11-7-6-10-16(17)20/h3-11H,12H2,1-2H3,(H,21,24). The fourth-order valence-electron chi connectivity index (χ4n) is 2.52. The van der Waals surface area contributed by atoms with E-state index in [1.165, 1.54) is 0 Å². The maximum Gasteiger partial charge on any atom is 0.262 e. The third-order valence-corrected chi connectivity index (χ3v) is 4.06. The van der Waals surface area contributed by atoms with Gasteiger partial charge in [-0.3, -0.25) is 4.79 Å². The van der Waals surface area contributed by atoms with Gasteiger partial charge in [0.15, 0.2) is 6.61 Å². The first-order valence-corrected chi connectivity index (χ1v) is 8.23. The number of para-hydroxylation sites is 2. The van der Waals surface area contributed by atoms with Gasteiger partial charge < -0.3 is 10.1 Å². The van der Waals surface area contributed by atoms with Crippen LogP contribution in [0.25, 0.3) is 5.69 Å². The molecule has 3 rings (SSSR count). The van der Waals surface area contributed by atoms with Crippen LogP contribution in [0.15, 0.2) is 54.6 Å². The molecule has 0 radical (unpaired) electrons. The van der Waals surface area contributed by atoms with Crippen molar-refractivity contribution in [3.05, 3.63) is 71.0 Å². The van der Waals surface area contributed by atoms with Crippen molar-refractivity contribution in [3.63, 3.8) is 0 Å². The molecule has 1 aromatic heterocycles. The smallest absolute Gasteiger partial charge is 0.262 e. The summed E-state index contributed by atoms with van der Waals surface area (Å²) in [7, 11) is 0. The lowest BCUT2D eigenvalue weighted by molar-refractivity contribution is -0.118. The zero-order valence-corrected chi connectivity index (χ0v) is 14.7. The Morgan fingerprint density at radius 3 is 2.52 bits per heavy atom. The molecule has 128 valence electrons. The minimum absolute atomic E-state index is 0.126. The molecule has 25 heavy (non-hydrogen) atoms. The normalized spacial score (nSPS) is 10.5. The van der Waals surface area contributed by atoms with Gasteiger partial charge >= 0.3 is 0 Å². The predicted octanol–water partition coefficient (Wildman–Crippen LogP) is 4.16. The van der Waals surface area contributed by atoms with Crippen LogP contribution in [0.5, 0.6) is 5.75 Å². The van der Waals surface area contributed by atoms with Gasteiger partial charge in [0.1, 0.15) is 5.75 Å². The second-order valence-electron chi connectivity index (χ2n) is 5.56. The highest BCUT2D eigenvalue weighted by molar-refractivity contribution is 6.32. The summed E-state index contributed by atoms with van der Waals surface area (Å²) in [4.78, 5) is 12.2. The van der Waals surface area contributed by atoms with Crippen LogP contribution in [-0.4, -0.2) is 22.3 Å². The number of rotatable bonds is 5. The van der Waals surface area contributed by atoms with Crippen molar-refractivity contribution in [2.45, 2.75) is 13.8 Å². The van der Waals surface area contributed by atoms with Gasteiger partial charge in [0.25, 0.3) is 5.91 Å². The number of hydrogen-bond acceptors (Lipinski definition) is 3. The van der Waals surface area contributed by atoms with Crippen molar-refractivity contribution < 1.29 is 9.53 Å². The van der Waals surface area contributed by atoms with Crippen molar-refractivity contribution in [1.29, 1.82) is 0 Å². The molecule has 0 unspecified atom stereocenters. The van der Waals surface area contributed by atoms with Crippen molar-refractivity contribution in [1.82, 2.24) is 9.78 Å².